The van der Waals surface area contributed by atoms with Gasteiger partial charge in [0, 0.05) is 45.8 Å². The fourth-order valence-corrected chi connectivity index (χ4v) is 2.88. The van der Waals surface area contributed by atoms with Crippen LogP contribution in [-0.4, -0.2) is 65.8 Å². The van der Waals surface area contributed by atoms with Gasteiger partial charge in [0.25, 0.3) is 0 Å². The zero-order valence-electron chi connectivity index (χ0n) is 17.9. The minimum Gasteiger partial charge on any atom is -0.488 e. The Kier molecular flexibility index (Phi) is 14.0. The number of aryl methyl sites for hydroxylation is 1. The third-order valence-electron chi connectivity index (χ3n) is 4.51. The first kappa shape index (κ1) is 25.9. The summed E-state index contributed by atoms with van der Waals surface area (Å²) in [6.07, 6.45) is 3.12. The fourth-order valence-electron chi connectivity index (χ4n) is 2.88. The Morgan fingerprint density at radius 2 is 2.07 bits per heavy atom. The number of ether oxygens (including phenoxy) is 4. The Balaban J connectivity index is 0.00000420. The minimum atomic E-state index is 0. The Morgan fingerprint density at radius 3 is 2.79 bits per heavy atom. The van der Waals surface area contributed by atoms with Gasteiger partial charge in [0.1, 0.15) is 11.9 Å². The van der Waals surface area contributed by atoms with Gasteiger partial charge in [-0.05, 0) is 31.4 Å². The van der Waals surface area contributed by atoms with Crippen LogP contribution in [0.25, 0.3) is 0 Å². The van der Waals surface area contributed by atoms with Crippen LogP contribution in [-0.2, 0) is 20.8 Å². The van der Waals surface area contributed by atoms with Crippen molar-refractivity contribution in [3.8, 4) is 5.75 Å². The summed E-state index contributed by atoms with van der Waals surface area (Å²) < 4.78 is 22.0. The molecule has 1 atom stereocenters. The number of guanidine groups is 1. The average molecular weight is 521 g/mol. The Morgan fingerprint density at radius 1 is 1.21 bits per heavy atom. The lowest BCUT2D eigenvalue weighted by molar-refractivity contribution is 0.0689. The van der Waals surface area contributed by atoms with E-state index in [0.717, 1.165) is 56.3 Å². The van der Waals surface area contributed by atoms with Crippen molar-refractivity contribution in [3.05, 3.63) is 29.3 Å². The summed E-state index contributed by atoms with van der Waals surface area (Å²) in [5.74, 6) is 1.71. The summed E-state index contributed by atoms with van der Waals surface area (Å²) >= 11 is 0. The molecule has 166 valence electrons. The number of rotatable bonds is 12. The van der Waals surface area contributed by atoms with Crippen LogP contribution in [0, 0.1) is 6.92 Å². The zero-order valence-corrected chi connectivity index (χ0v) is 20.2. The smallest absolute Gasteiger partial charge is 0.191 e. The van der Waals surface area contributed by atoms with Crippen LogP contribution < -0.4 is 15.4 Å². The molecular formula is C21H36IN3O4. The van der Waals surface area contributed by atoms with E-state index >= 15 is 0 Å². The molecule has 8 heteroatoms. The van der Waals surface area contributed by atoms with Crippen molar-refractivity contribution in [1.82, 2.24) is 10.6 Å². The lowest BCUT2D eigenvalue weighted by Crippen LogP contribution is -2.37. The van der Waals surface area contributed by atoms with Gasteiger partial charge in [-0.15, -0.1) is 24.0 Å². The van der Waals surface area contributed by atoms with Crippen molar-refractivity contribution in [2.45, 2.75) is 38.8 Å². The summed E-state index contributed by atoms with van der Waals surface area (Å²) in [6, 6.07) is 6.31. The molecule has 2 N–H and O–H groups in total. The van der Waals surface area contributed by atoms with Crippen molar-refractivity contribution in [1.29, 1.82) is 0 Å². The first-order valence-electron chi connectivity index (χ1n) is 10.1. The summed E-state index contributed by atoms with van der Waals surface area (Å²) in [7, 11) is 3.46. The molecule has 1 unspecified atom stereocenters. The van der Waals surface area contributed by atoms with Gasteiger partial charge in [-0.25, -0.2) is 0 Å². The van der Waals surface area contributed by atoms with E-state index in [1.165, 1.54) is 5.56 Å². The van der Waals surface area contributed by atoms with Crippen LogP contribution in [0.3, 0.4) is 0 Å². The van der Waals surface area contributed by atoms with Crippen LogP contribution in [0.2, 0.25) is 0 Å². The molecule has 1 saturated heterocycles. The second-order valence-electron chi connectivity index (χ2n) is 6.88. The Hall–Kier alpha value is -1.10. The van der Waals surface area contributed by atoms with Gasteiger partial charge in [-0.2, -0.15) is 0 Å². The normalized spacial score (nSPS) is 16.4. The average Bonchev–Trinajstić information content (AvgIpc) is 3.20. The first-order valence-corrected chi connectivity index (χ1v) is 10.1. The molecule has 1 aromatic carbocycles. The van der Waals surface area contributed by atoms with E-state index in [1.807, 2.05) is 0 Å². The summed E-state index contributed by atoms with van der Waals surface area (Å²) in [6.45, 7) is 7.08. The van der Waals surface area contributed by atoms with Crippen LogP contribution in [0.15, 0.2) is 23.2 Å². The fraction of sp³-hybridized carbons (Fsp3) is 0.667. The van der Waals surface area contributed by atoms with E-state index < -0.39 is 0 Å². The molecule has 1 aliphatic rings. The molecule has 0 saturated carbocycles. The molecule has 7 nitrogen and oxygen atoms in total. The van der Waals surface area contributed by atoms with E-state index in [1.54, 1.807) is 14.2 Å². The number of methoxy groups -OCH3 is 1. The van der Waals surface area contributed by atoms with Gasteiger partial charge >= 0.3 is 0 Å². The lowest BCUT2D eigenvalue weighted by Gasteiger charge is -2.18. The van der Waals surface area contributed by atoms with Gasteiger partial charge in [-0.3, -0.25) is 4.99 Å². The molecule has 0 aromatic heterocycles. The molecule has 29 heavy (non-hydrogen) atoms. The van der Waals surface area contributed by atoms with Crippen molar-refractivity contribution < 1.29 is 18.9 Å². The minimum absolute atomic E-state index is 0. The molecule has 0 bridgehead atoms. The Bertz CT molecular complexity index is 595. The van der Waals surface area contributed by atoms with Gasteiger partial charge in [-0.1, -0.05) is 12.1 Å². The molecular weight excluding hydrogens is 485 g/mol. The van der Waals surface area contributed by atoms with E-state index in [2.05, 4.69) is 40.7 Å². The van der Waals surface area contributed by atoms with Gasteiger partial charge in [0.2, 0.25) is 0 Å². The highest BCUT2D eigenvalue weighted by Gasteiger charge is 2.18. The summed E-state index contributed by atoms with van der Waals surface area (Å²) in [5, 5.41) is 6.71. The molecule has 0 spiro atoms. The molecule has 2 rings (SSSR count). The van der Waals surface area contributed by atoms with Gasteiger partial charge in [0.05, 0.1) is 26.4 Å². The van der Waals surface area contributed by atoms with Crippen LogP contribution in [0.1, 0.15) is 30.4 Å². The quantitative estimate of drug-likeness (QED) is 0.191. The lowest BCUT2D eigenvalue weighted by atomic mass is 10.1. The Labute approximate surface area is 191 Å². The van der Waals surface area contributed by atoms with Gasteiger partial charge in [0.15, 0.2) is 5.96 Å². The standard InChI is InChI=1S/C21H35N3O4.HI/c1-17-6-7-18(20(14-17)28-19-8-11-27-16-19)15-24-21(22-2)23-9-4-5-10-26-13-12-25-3;/h6-7,14,19H,4-5,8-13,15-16H2,1-3H3,(H2,22,23,24);1H. The highest BCUT2D eigenvalue weighted by Crippen LogP contribution is 2.23. The predicted molar refractivity (Wildman–Crippen MR) is 127 cm³/mol. The summed E-state index contributed by atoms with van der Waals surface area (Å²) in [5.41, 5.74) is 2.31. The third-order valence-corrected chi connectivity index (χ3v) is 4.51. The number of nitrogens with one attached hydrogen (secondary N) is 2. The van der Waals surface area contributed by atoms with Gasteiger partial charge < -0.3 is 29.6 Å². The molecule has 1 aromatic rings. The summed E-state index contributed by atoms with van der Waals surface area (Å²) in [4.78, 5) is 4.30. The molecule has 0 amide bonds. The largest absolute Gasteiger partial charge is 0.488 e. The maximum atomic E-state index is 6.16. The highest BCUT2D eigenvalue weighted by molar-refractivity contribution is 14.0. The number of halogens is 1. The second-order valence-corrected chi connectivity index (χ2v) is 6.88. The van der Waals surface area contributed by atoms with E-state index in [4.69, 9.17) is 18.9 Å². The van der Waals surface area contributed by atoms with Crippen LogP contribution >= 0.6 is 24.0 Å². The number of unbranched alkanes of at least 4 members (excludes halogenated alkanes) is 1. The third kappa shape index (κ3) is 10.5. The molecule has 1 heterocycles. The number of aliphatic imine (C=N–C) groups is 1. The zero-order chi connectivity index (χ0) is 20.0. The highest BCUT2D eigenvalue weighted by atomic mass is 127. The monoisotopic (exact) mass is 521 g/mol. The van der Waals surface area contributed by atoms with E-state index in [-0.39, 0.29) is 30.1 Å². The predicted octanol–water partition coefficient (Wildman–Crippen LogP) is 2.89. The SMILES string of the molecule is CN=C(NCCCCOCCOC)NCc1ccc(C)cc1OC1CCOC1.I. The van der Waals surface area contributed by atoms with Crippen LogP contribution in [0.4, 0.5) is 0 Å². The first-order chi connectivity index (χ1) is 13.7. The molecule has 0 aliphatic carbocycles. The molecule has 1 aliphatic heterocycles. The van der Waals surface area contributed by atoms with Crippen LogP contribution in [0.5, 0.6) is 5.75 Å². The maximum Gasteiger partial charge on any atom is 0.191 e. The van der Waals surface area contributed by atoms with Crippen molar-refractivity contribution in [2.24, 2.45) is 4.99 Å². The topological polar surface area (TPSA) is 73.3 Å². The number of benzene rings is 1. The molecule has 0 radical (unpaired) electrons. The van der Waals surface area contributed by atoms with E-state index in [0.29, 0.717) is 26.4 Å². The number of nitrogens with zero attached hydrogens (tertiary/aromatic N) is 1. The van der Waals surface area contributed by atoms with Crippen molar-refractivity contribution >= 4 is 29.9 Å². The maximum absolute atomic E-state index is 6.16. The molecule has 1 fully saturated rings. The van der Waals surface area contributed by atoms with Crippen molar-refractivity contribution in [2.75, 3.05) is 53.7 Å². The van der Waals surface area contributed by atoms with Crippen molar-refractivity contribution in [3.63, 3.8) is 0 Å². The van der Waals surface area contributed by atoms with E-state index in [9.17, 15) is 0 Å². The number of hydrogen-bond acceptors (Lipinski definition) is 5. The number of hydrogen-bond donors (Lipinski definition) is 2. The second kappa shape index (κ2) is 15.7.